The average molecular weight is 1150 g/mol. The molecule has 0 saturated carbocycles. The maximum atomic E-state index is 12.9. The SMILES string of the molecule is CC(=O)O[C@H]1O[C@@H](COC(=O)c2ccccc2)C(OC(=O)c2ccccc2)[C@@H]1OC(=O)c1ccccc1.CO[C@H]1O[C@@H](CO)C(O)[C@H]1O.CO[C@H]1O[C@@H](COC(=O)c2ccccc2)C(OC(=O)c2ccccc2)[C@@H]1OC(=O)c1ccccc1. The summed E-state index contributed by atoms with van der Waals surface area (Å²) in [4.78, 5) is 88.1. The Balaban J connectivity index is 0.000000202. The second-order valence-electron chi connectivity index (χ2n) is 18.2. The smallest absolute Gasteiger partial charge is 0.338 e. The fourth-order valence-electron chi connectivity index (χ4n) is 8.39. The summed E-state index contributed by atoms with van der Waals surface area (Å²) in [6.07, 6.45) is -13.0. The van der Waals surface area contributed by atoms with E-state index >= 15 is 0 Å². The lowest BCUT2D eigenvalue weighted by Crippen LogP contribution is -2.42. The lowest BCUT2D eigenvalue weighted by atomic mass is 10.1. The molecule has 0 aliphatic carbocycles. The number of hydrogen-bond acceptors (Lipinski definition) is 22. The van der Waals surface area contributed by atoms with Gasteiger partial charge < -0.3 is 72.2 Å². The van der Waals surface area contributed by atoms with Gasteiger partial charge in [-0.05, 0) is 72.8 Å². The first-order chi connectivity index (χ1) is 40.2. The van der Waals surface area contributed by atoms with Crippen molar-refractivity contribution >= 4 is 41.8 Å². The van der Waals surface area contributed by atoms with Gasteiger partial charge in [0.05, 0.1) is 40.0 Å². The van der Waals surface area contributed by atoms with Gasteiger partial charge in [-0.1, -0.05) is 109 Å². The molecule has 0 amide bonds. The summed E-state index contributed by atoms with van der Waals surface area (Å²) in [7, 11) is 2.74. The minimum atomic E-state index is -1.40. The van der Waals surface area contributed by atoms with E-state index in [0.717, 1.165) is 6.92 Å². The Bertz CT molecular complexity index is 3010. The van der Waals surface area contributed by atoms with E-state index in [9.17, 15) is 33.6 Å². The normalized spacial score (nSPS) is 24.0. The third-order valence-corrected chi connectivity index (χ3v) is 12.6. The topological polar surface area (TPSA) is 291 Å². The maximum Gasteiger partial charge on any atom is 0.338 e. The summed E-state index contributed by atoms with van der Waals surface area (Å²) < 4.78 is 65.3. The van der Waals surface area contributed by atoms with Crippen molar-refractivity contribution in [3.8, 4) is 0 Å². The van der Waals surface area contributed by atoms with Crippen molar-refractivity contribution in [1.82, 2.24) is 0 Å². The Kier molecular flexibility index (Phi) is 23.1. The van der Waals surface area contributed by atoms with Gasteiger partial charge in [0.1, 0.15) is 43.7 Å². The van der Waals surface area contributed by atoms with Crippen LogP contribution >= 0.6 is 0 Å². The van der Waals surface area contributed by atoms with Gasteiger partial charge in [0.2, 0.25) is 12.4 Å². The van der Waals surface area contributed by atoms with Crippen LogP contribution in [-0.4, -0.2) is 165 Å². The van der Waals surface area contributed by atoms with Crippen molar-refractivity contribution in [2.24, 2.45) is 0 Å². The number of methoxy groups -OCH3 is 2. The third-order valence-electron chi connectivity index (χ3n) is 12.6. The Morgan fingerprint density at radius 2 is 0.639 bits per heavy atom. The van der Waals surface area contributed by atoms with Gasteiger partial charge in [-0.3, -0.25) is 4.79 Å². The van der Waals surface area contributed by atoms with E-state index in [0.29, 0.717) is 22.3 Å². The zero-order valence-electron chi connectivity index (χ0n) is 45.0. The van der Waals surface area contributed by atoms with Crippen molar-refractivity contribution in [2.75, 3.05) is 34.0 Å². The van der Waals surface area contributed by atoms with Crippen LogP contribution in [0, 0.1) is 0 Å². The van der Waals surface area contributed by atoms with Crippen LogP contribution in [0.2, 0.25) is 0 Å². The Hall–Kier alpha value is -8.71. The lowest BCUT2D eigenvalue weighted by Gasteiger charge is -2.24. The van der Waals surface area contributed by atoms with Crippen LogP contribution in [-0.2, 0) is 61.6 Å². The zero-order valence-corrected chi connectivity index (χ0v) is 45.0. The van der Waals surface area contributed by atoms with E-state index in [1.54, 1.807) is 182 Å². The van der Waals surface area contributed by atoms with E-state index in [2.05, 4.69) is 4.74 Å². The molecular formula is C61H60O22. The van der Waals surface area contributed by atoms with Gasteiger partial charge in [0.15, 0.2) is 30.9 Å². The second-order valence-corrected chi connectivity index (χ2v) is 18.2. The van der Waals surface area contributed by atoms with E-state index in [4.69, 9.17) is 67.4 Å². The summed E-state index contributed by atoms with van der Waals surface area (Å²) in [5, 5.41) is 26.9. The van der Waals surface area contributed by atoms with Gasteiger partial charge in [-0.2, -0.15) is 0 Å². The van der Waals surface area contributed by atoms with Crippen molar-refractivity contribution in [3.63, 3.8) is 0 Å². The monoisotopic (exact) mass is 1140 g/mol. The Labute approximate surface area is 476 Å². The molecule has 83 heavy (non-hydrogen) atoms. The van der Waals surface area contributed by atoms with Gasteiger partial charge >= 0.3 is 41.8 Å². The van der Waals surface area contributed by atoms with E-state index in [-0.39, 0.29) is 30.9 Å². The summed E-state index contributed by atoms with van der Waals surface area (Å²) in [6.45, 7) is 0.225. The largest absolute Gasteiger partial charge is 0.459 e. The molecule has 22 heteroatoms. The van der Waals surface area contributed by atoms with Crippen molar-refractivity contribution < 1.29 is 106 Å². The van der Waals surface area contributed by atoms with Crippen LogP contribution in [0.4, 0.5) is 0 Å². The molecule has 6 aromatic carbocycles. The molecule has 0 aromatic heterocycles. The third kappa shape index (κ3) is 17.2. The molecule has 0 radical (unpaired) electrons. The molecule has 3 fully saturated rings. The Morgan fingerprint density at radius 1 is 0.361 bits per heavy atom. The highest BCUT2D eigenvalue weighted by Crippen LogP contribution is 2.32. The van der Waals surface area contributed by atoms with Gasteiger partial charge in [0, 0.05) is 21.1 Å². The van der Waals surface area contributed by atoms with Crippen LogP contribution in [0.3, 0.4) is 0 Å². The molecule has 3 N–H and O–H groups in total. The predicted octanol–water partition coefficient (Wildman–Crippen LogP) is 5.32. The molecule has 12 atom stereocenters. The number of aliphatic hydroxyl groups is 3. The summed E-state index contributed by atoms with van der Waals surface area (Å²) in [5.74, 6) is -4.65. The molecule has 9 rings (SSSR count). The van der Waals surface area contributed by atoms with Crippen molar-refractivity contribution in [2.45, 2.75) is 80.7 Å². The highest BCUT2D eigenvalue weighted by molar-refractivity contribution is 5.92. The highest BCUT2D eigenvalue weighted by atomic mass is 16.8. The standard InChI is InChI=1S/C28H24O9.C27H24O8.C6H12O5/c1-18(29)34-28-24(37-27(32)21-15-9-4-10-16-21)23(36-26(31)20-13-7-3-8-14-20)22(35-28)17-33-25(30)19-11-5-2-6-12-19;1-31-27-23(35-26(30)20-15-9-4-10-16-20)22(34-25(29)19-13-7-3-8-14-19)21(33-27)17-32-24(28)18-11-5-2-6-12-18;1-10-6-5(9)4(8)3(2-7)11-6/h2-16,22-24,28H,17H2,1H3;2-16,21-23,27H,17H2,1H3;3-9H,2H2,1H3/t22-,23?,24-,28-;21-,22?,23-,27-;3-,4?,5+,6-/m000/s1. The summed E-state index contributed by atoms with van der Waals surface area (Å²) in [6, 6.07) is 49.8. The molecule has 3 aliphatic heterocycles. The number of carbonyl (C=O) groups is 7. The first kappa shape index (κ1) is 61.9. The molecule has 22 nitrogen and oxygen atoms in total. The molecule has 436 valence electrons. The molecule has 3 saturated heterocycles. The highest BCUT2D eigenvalue weighted by Gasteiger charge is 2.53. The number of ether oxygens (including phenoxy) is 12. The number of benzene rings is 6. The first-order valence-corrected chi connectivity index (χ1v) is 25.8. The quantitative estimate of drug-likeness (QED) is 0.0725. The molecule has 0 bridgehead atoms. The fourth-order valence-corrected chi connectivity index (χ4v) is 8.39. The molecule has 3 heterocycles. The molecule has 6 aromatic rings. The van der Waals surface area contributed by atoms with Gasteiger partial charge in [-0.25, -0.2) is 28.8 Å². The number of esters is 7. The maximum absolute atomic E-state index is 12.9. The van der Waals surface area contributed by atoms with E-state index in [1.807, 2.05) is 0 Å². The van der Waals surface area contributed by atoms with Gasteiger partial charge in [-0.15, -0.1) is 0 Å². The number of carbonyl (C=O) groups excluding carboxylic acids is 7. The zero-order chi connectivity index (χ0) is 59.3. The van der Waals surface area contributed by atoms with E-state index < -0.39 is 116 Å². The van der Waals surface area contributed by atoms with Crippen LogP contribution < -0.4 is 0 Å². The summed E-state index contributed by atoms with van der Waals surface area (Å²) >= 11 is 0. The van der Waals surface area contributed by atoms with Crippen LogP contribution in [0.15, 0.2) is 182 Å². The molecular weight excluding hydrogens is 1080 g/mol. The number of hydrogen-bond donors (Lipinski definition) is 3. The van der Waals surface area contributed by atoms with E-state index in [1.165, 1.54) is 14.2 Å². The van der Waals surface area contributed by atoms with Crippen LogP contribution in [0.25, 0.3) is 0 Å². The van der Waals surface area contributed by atoms with Crippen LogP contribution in [0.1, 0.15) is 69.1 Å². The molecule has 3 aliphatic rings. The fraction of sp³-hybridized carbons (Fsp3) is 0.295. The van der Waals surface area contributed by atoms with Crippen LogP contribution in [0.5, 0.6) is 0 Å². The second kappa shape index (κ2) is 30.9. The van der Waals surface area contributed by atoms with Gasteiger partial charge in [0.25, 0.3) is 0 Å². The molecule has 0 spiro atoms. The minimum Gasteiger partial charge on any atom is -0.459 e. The number of aliphatic hydroxyl groups excluding tert-OH is 3. The lowest BCUT2D eigenvalue weighted by molar-refractivity contribution is -0.188. The minimum absolute atomic E-state index is 0.233. The first-order valence-electron chi connectivity index (χ1n) is 25.8. The average Bonchev–Trinajstić information content (AvgIpc) is 4.25. The predicted molar refractivity (Wildman–Crippen MR) is 287 cm³/mol. The van der Waals surface area contributed by atoms with Crippen molar-refractivity contribution in [1.29, 1.82) is 0 Å². The number of rotatable bonds is 18. The molecule has 3 unspecified atom stereocenters. The van der Waals surface area contributed by atoms with Crippen molar-refractivity contribution in [3.05, 3.63) is 215 Å². The Morgan fingerprint density at radius 3 is 0.916 bits per heavy atom. The summed E-state index contributed by atoms with van der Waals surface area (Å²) in [5.41, 5.74) is 1.76.